The molecule has 3 rings (SSSR count). The predicted octanol–water partition coefficient (Wildman–Crippen LogP) is 1.60. The maximum Gasteiger partial charge on any atom is 0.137 e. The number of fused-ring (bicyclic) bond motifs is 1. The van der Waals surface area contributed by atoms with E-state index in [-0.39, 0.29) is 6.10 Å². The van der Waals surface area contributed by atoms with Gasteiger partial charge in [0.2, 0.25) is 0 Å². The van der Waals surface area contributed by atoms with Gasteiger partial charge < -0.3 is 9.51 Å². The van der Waals surface area contributed by atoms with Crippen molar-refractivity contribution < 1.29 is 5.11 Å². The highest BCUT2D eigenvalue weighted by atomic mass is 16.3. The van der Waals surface area contributed by atoms with Gasteiger partial charge in [0.25, 0.3) is 0 Å². The molecule has 0 unspecified atom stereocenters. The van der Waals surface area contributed by atoms with E-state index in [4.69, 9.17) is 0 Å². The average Bonchev–Trinajstić information content (AvgIpc) is 2.74. The molecule has 1 aliphatic rings. The lowest BCUT2D eigenvalue weighted by molar-refractivity contribution is 0.0785. The number of aliphatic hydroxyl groups is 1. The van der Waals surface area contributed by atoms with Gasteiger partial charge in [-0.25, -0.2) is 4.98 Å². The van der Waals surface area contributed by atoms with Crippen molar-refractivity contribution in [2.24, 2.45) is 0 Å². The third-order valence-corrected chi connectivity index (χ3v) is 3.69. The molecule has 4 heteroatoms. The van der Waals surface area contributed by atoms with Crippen LogP contribution in [-0.2, 0) is 6.54 Å². The van der Waals surface area contributed by atoms with Gasteiger partial charge in [0.15, 0.2) is 0 Å². The van der Waals surface area contributed by atoms with Gasteiger partial charge in [-0.3, -0.25) is 4.90 Å². The van der Waals surface area contributed by atoms with E-state index in [1.54, 1.807) is 0 Å². The zero-order valence-electron chi connectivity index (χ0n) is 10.7. The first-order valence-corrected chi connectivity index (χ1v) is 6.55. The molecule has 1 saturated heterocycles. The topological polar surface area (TPSA) is 40.8 Å². The Morgan fingerprint density at radius 3 is 2.94 bits per heavy atom. The van der Waals surface area contributed by atoms with Crippen molar-refractivity contribution in [3.8, 4) is 0 Å². The van der Waals surface area contributed by atoms with E-state index in [2.05, 4.69) is 39.5 Å². The molecule has 1 fully saturated rings. The number of likely N-dealkylation sites (tertiary alicyclic amines) is 1. The van der Waals surface area contributed by atoms with E-state index in [0.29, 0.717) is 0 Å². The zero-order chi connectivity index (χ0) is 12.5. The summed E-state index contributed by atoms with van der Waals surface area (Å²) >= 11 is 0. The van der Waals surface area contributed by atoms with Gasteiger partial charge in [-0.2, -0.15) is 0 Å². The lowest BCUT2D eigenvalue weighted by atomic mass is 10.1. The number of hydrogen-bond acceptors (Lipinski definition) is 3. The predicted molar refractivity (Wildman–Crippen MR) is 70.4 cm³/mol. The number of piperidine rings is 1. The lowest BCUT2D eigenvalue weighted by Crippen LogP contribution is -2.35. The van der Waals surface area contributed by atoms with Crippen molar-refractivity contribution in [3.63, 3.8) is 0 Å². The monoisotopic (exact) mass is 245 g/mol. The molecular formula is C14H19N3O. The molecule has 2 aromatic heterocycles. The van der Waals surface area contributed by atoms with Gasteiger partial charge in [0.05, 0.1) is 18.0 Å². The standard InChI is InChI=1S/C14H19N3O/c1-11-2-7-17-12(9-15-14(17)8-11)10-16-5-3-13(18)4-6-16/h2,7-9,13,18H,3-6,10H2,1H3. The van der Waals surface area contributed by atoms with Crippen LogP contribution in [0.2, 0.25) is 0 Å². The molecule has 0 saturated carbocycles. The first kappa shape index (κ1) is 11.7. The fourth-order valence-corrected chi connectivity index (χ4v) is 2.56. The van der Waals surface area contributed by atoms with Gasteiger partial charge in [0.1, 0.15) is 5.65 Å². The normalized spacial score (nSPS) is 18.6. The number of rotatable bonds is 2. The number of aryl methyl sites for hydroxylation is 1. The zero-order valence-corrected chi connectivity index (χ0v) is 10.7. The van der Waals surface area contributed by atoms with Crippen molar-refractivity contribution in [2.45, 2.75) is 32.4 Å². The van der Waals surface area contributed by atoms with Crippen LogP contribution in [0.5, 0.6) is 0 Å². The summed E-state index contributed by atoms with van der Waals surface area (Å²) in [6, 6.07) is 4.21. The minimum Gasteiger partial charge on any atom is -0.393 e. The number of imidazole rings is 1. The Kier molecular flexibility index (Phi) is 3.06. The Morgan fingerprint density at radius 1 is 1.39 bits per heavy atom. The molecule has 3 heterocycles. The van der Waals surface area contributed by atoms with Crippen LogP contribution in [0.1, 0.15) is 24.1 Å². The van der Waals surface area contributed by atoms with E-state index < -0.39 is 0 Å². The van der Waals surface area contributed by atoms with Crippen molar-refractivity contribution in [3.05, 3.63) is 35.8 Å². The van der Waals surface area contributed by atoms with E-state index in [1.165, 1.54) is 11.3 Å². The molecule has 0 bridgehead atoms. The third-order valence-electron chi connectivity index (χ3n) is 3.69. The van der Waals surface area contributed by atoms with Gasteiger partial charge in [-0.05, 0) is 37.5 Å². The summed E-state index contributed by atoms with van der Waals surface area (Å²) < 4.78 is 2.15. The van der Waals surface area contributed by atoms with Gasteiger partial charge >= 0.3 is 0 Å². The van der Waals surface area contributed by atoms with Crippen molar-refractivity contribution in [2.75, 3.05) is 13.1 Å². The van der Waals surface area contributed by atoms with Gasteiger partial charge in [0, 0.05) is 25.8 Å². The fourth-order valence-electron chi connectivity index (χ4n) is 2.56. The molecule has 0 amide bonds. The highest BCUT2D eigenvalue weighted by Gasteiger charge is 2.18. The second kappa shape index (κ2) is 4.71. The highest BCUT2D eigenvalue weighted by molar-refractivity contribution is 5.42. The van der Waals surface area contributed by atoms with E-state index in [0.717, 1.165) is 38.1 Å². The average molecular weight is 245 g/mol. The van der Waals surface area contributed by atoms with Crippen LogP contribution >= 0.6 is 0 Å². The highest BCUT2D eigenvalue weighted by Crippen LogP contribution is 2.15. The molecule has 0 aliphatic carbocycles. The first-order chi connectivity index (χ1) is 8.72. The van der Waals surface area contributed by atoms with Crippen LogP contribution in [0.4, 0.5) is 0 Å². The summed E-state index contributed by atoms with van der Waals surface area (Å²) in [5, 5.41) is 9.51. The number of nitrogens with zero attached hydrogens (tertiary/aromatic N) is 3. The largest absolute Gasteiger partial charge is 0.393 e. The Hall–Kier alpha value is -1.39. The molecule has 0 radical (unpaired) electrons. The Labute approximate surface area is 107 Å². The van der Waals surface area contributed by atoms with E-state index in [9.17, 15) is 5.11 Å². The van der Waals surface area contributed by atoms with Crippen LogP contribution < -0.4 is 0 Å². The van der Waals surface area contributed by atoms with Crippen molar-refractivity contribution >= 4 is 5.65 Å². The summed E-state index contributed by atoms with van der Waals surface area (Å²) in [6.07, 6.45) is 5.71. The maximum atomic E-state index is 9.51. The second-order valence-electron chi connectivity index (χ2n) is 5.19. The molecule has 0 spiro atoms. The van der Waals surface area contributed by atoms with Gasteiger partial charge in [-0.15, -0.1) is 0 Å². The molecule has 0 aromatic carbocycles. The smallest absolute Gasteiger partial charge is 0.137 e. The Bertz CT molecular complexity index is 541. The number of aliphatic hydroxyl groups excluding tert-OH is 1. The summed E-state index contributed by atoms with van der Waals surface area (Å²) in [5.41, 5.74) is 3.48. The summed E-state index contributed by atoms with van der Waals surface area (Å²) in [6.45, 7) is 4.94. The van der Waals surface area contributed by atoms with Crippen LogP contribution in [0.15, 0.2) is 24.5 Å². The van der Waals surface area contributed by atoms with Crippen molar-refractivity contribution in [1.82, 2.24) is 14.3 Å². The van der Waals surface area contributed by atoms with E-state index >= 15 is 0 Å². The van der Waals surface area contributed by atoms with Crippen LogP contribution in [0.25, 0.3) is 5.65 Å². The number of aromatic nitrogens is 2. The molecule has 96 valence electrons. The summed E-state index contributed by atoms with van der Waals surface area (Å²) in [7, 11) is 0. The van der Waals surface area contributed by atoms with Crippen LogP contribution in [0.3, 0.4) is 0 Å². The molecule has 1 N–H and O–H groups in total. The summed E-state index contributed by atoms with van der Waals surface area (Å²) in [4.78, 5) is 6.83. The molecule has 4 nitrogen and oxygen atoms in total. The van der Waals surface area contributed by atoms with Crippen molar-refractivity contribution in [1.29, 1.82) is 0 Å². The third kappa shape index (κ3) is 2.26. The summed E-state index contributed by atoms with van der Waals surface area (Å²) in [5.74, 6) is 0. The molecule has 1 aliphatic heterocycles. The first-order valence-electron chi connectivity index (χ1n) is 6.55. The quantitative estimate of drug-likeness (QED) is 0.873. The van der Waals surface area contributed by atoms with Gasteiger partial charge in [-0.1, -0.05) is 0 Å². The number of pyridine rings is 1. The SMILES string of the molecule is Cc1ccn2c(CN3CCC(O)CC3)cnc2c1. The minimum absolute atomic E-state index is 0.105. The maximum absolute atomic E-state index is 9.51. The molecular weight excluding hydrogens is 226 g/mol. The Balaban J connectivity index is 1.78. The fraction of sp³-hybridized carbons (Fsp3) is 0.500. The number of hydrogen-bond donors (Lipinski definition) is 1. The molecule has 2 aromatic rings. The molecule has 0 atom stereocenters. The Morgan fingerprint density at radius 2 is 2.17 bits per heavy atom. The van der Waals surface area contributed by atoms with Crippen LogP contribution in [0, 0.1) is 6.92 Å². The van der Waals surface area contributed by atoms with Crippen LogP contribution in [-0.4, -0.2) is 38.6 Å². The molecule has 18 heavy (non-hydrogen) atoms. The van der Waals surface area contributed by atoms with E-state index in [1.807, 2.05) is 6.20 Å². The minimum atomic E-state index is -0.105. The second-order valence-corrected chi connectivity index (χ2v) is 5.19. The lowest BCUT2D eigenvalue weighted by Gasteiger charge is -2.29.